The summed E-state index contributed by atoms with van der Waals surface area (Å²) in [5.41, 5.74) is 1.17. The zero-order valence-corrected chi connectivity index (χ0v) is 18.8. The second kappa shape index (κ2) is 10.7. The molecule has 0 bridgehead atoms. The molecule has 30 heavy (non-hydrogen) atoms. The minimum Gasteiger partial charge on any atom is -0.495 e. The van der Waals surface area contributed by atoms with Crippen molar-refractivity contribution in [2.24, 2.45) is 7.05 Å². The quantitative estimate of drug-likeness (QED) is 0.458. The van der Waals surface area contributed by atoms with Gasteiger partial charge in [0.25, 0.3) is 0 Å². The van der Waals surface area contributed by atoms with Crippen molar-refractivity contribution in [1.82, 2.24) is 14.8 Å². The number of rotatable bonds is 9. The number of anilines is 1. The third kappa shape index (κ3) is 5.90. The SMILES string of the molecule is COc1ccc(Cl)cc1NC(=O)CSc1nnc(CSCc2ccccc2F)n1C. The van der Waals surface area contributed by atoms with E-state index in [9.17, 15) is 9.18 Å². The number of hydrogen-bond donors (Lipinski definition) is 1. The van der Waals surface area contributed by atoms with Crippen molar-refractivity contribution < 1.29 is 13.9 Å². The van der Waals surface area contributed by atoms with Gasteiger partial charge in [-0.15, -0.1) is 22.0 Å². The Kier molecular flexibility index (Phi) is 8.01. The second-order valence-corrected chi connectivity index (χ2v) is 8.59. The minimum atomic E-state index is -0.209. The predicted molar refractivity (Wildman–Crippen MR) is 120 cm³/mol. The van der Waals surface area contributed by atoms with E-state index >= 15 is 0 Å². The van der Waals surface area contributed by atoms with E-state index in [4.69, 9.17) is 16.3 Å². The molecule has 158 valence electrons. The molecule has 0 spiro atoms. The van der Waals surface area contributed by atoms with Crippen LogP contribution in [0, 0.1) is 5.82 Å². The van der Waals surface area contributed by atoms with Crippen molar-refractivity contribution in [2.75, 3.05) is 18.2 Å². The molecule has 1 aromatic heterocycles. The summed E-state index contributed by atoms with van der Waals surface area (Å²) in [6.07, 6.45) is 0. The van der Waals surface area contributed by atoms with E-state index in [1.165, 1.54) is 24.9 Å². The number of nitrogens with zero attached hydrogens (tertiary/aromatic N) is 3. The maximum atomic E-state index is 13.7. The summed E-state index contributed by atoms with van der Waals surface area (Å²) in [6, 6.07) is 11.7. The molecule has 0 aliphatic rings. The lowest BCUT2D eigenvalue weighted by Gasteiger charge is -2.10. The number of carbonyl (C=O) groups excluding carboxylic acids is 1. The first-order chi connectivity index (χ1) is 14.5. The highest BCUT2D eigenvalue weighted by molar-refractivity contribution is 7.99. The van der Waals surface area contributed by atoms with E-state index in [-0.39, 0.29) is 17.5 Å². The molecule has 3 aromatic rings. The molecule has 0 radical (unpaired) electrons. The van der Waals surface area contributed by atoms with Crippen LogP contribution in [0.3, 0.4) is 0 Å². The number of ether oxygens (including phenoxy) is 1. The van der Waals surface area contributed by atoms with E-state index in [1.807, 2.05) is 17.7 Å². The molecule has 0 unspecified atom stereocenters. The van der Waals surface area contributed by atoms with Crippen LogP contribution in [0.2, 0.25) is 5.02 Å². The number of carbonyl (C=O) groups is 1. The minimum absolute atomic E-state index is 0.157. The smallest absolute Gasteiger partial charge is 0.234 e. The highest BCUT2D eigenvalue weighted by Gasteiger charge is 2.13. The summed E-state index contributed by atoms with van der Waals surface area (Å²) in [5, 5.41) is 12.3. The first kappa shape index (κ1) is 22.5. The van der Waals surface area contributed by atoms with Crippen LogP contribution < -0.4 is 10.1 Å². The van der Waals surface area contributed by atoms with Gasteiger partial charge in [0, 0.05) is 17.8 Å². The van der Waals surface area contributed by atoms with E-state index in [0.717, 1.165) is 5.82 Å². The van der Waals surface area contributed by atoms with Crippen LogP contribution >= 0.6 is 35.1 Å². The summed E-state index contributed by atoms with van der Waals surface area (Å²) in [4.78, 5) is 12.3. The Bertz CT molecular complexity index is 1030. The van der Waals surface area contributed by atoms with Crippen LogP contribution in [0.25, 0.3) is 0 Å². The number of aromatic nitrogens is 3. The van der Waals surface area contributed by atoms with Gasteiger partial charge in [0.05, 0.1) is 24.3 Å². The number of methoxy groups -OCH3 is 1. The number of hydrogen-bond acceptors (Lipinski definition) is 6. The number of benzene rings is 2. The number of halogens is 2. The fourth-order valence-electron chi connectivity index (χ4n) is 2.56. The zero-order chi connectivity index (χ0) is 21.5. The van der Waals surface area contributed by atoms with Crippen molar-refractivity contribution in [3.63, 3.8) is 0 Å². The van der Waals surface area contributed by atoms with Gasteiger partial charge in [-0.25, -0.2) is 4.39 Å². The van der Waals surface area contributed by atoms with Crippen LogP contribution in [-0.2, 0) is 23.3 Å². The normalized spacial score (nSPS) is 10.8. The Morgan fingerprint density at radius 2 is 2.03 bits per heavy atom. The highest BCUT2D eigenvalue weighted by Crippen LogP contribution is 2.28. The molecule has 0 aliphatic heterocycles. The lowest BCUT2D eigenvalue weighted by Crippen LogP contribution is -2.15. The average molecular weight is 467 g/mol. The zero-order valence-electron chi connectivity index (χ0n) is 16.4. The van der Waals surface area contributed by atoms with Crippen LogP contribution in [0.5, 0.6) is 5.75 Å². The first-order valence-electron chi connectivity index (χ1n) is 8.93. The van der Waals surface area contributed by atoms with Crippen LogP contribution in [0.15, 0.2) is 47.6 Å². The molecule has 1 amide bonds. The maximum Gasteiger partial charge on any atom is 0.234 e. The lowest BCUT2D eigenvalue weighted by molar-refractivity contribution is -0.113. The summed E-state index contributed by atoms with van der Waals surface area (Å²) >= 11 is 8.82. The molecule has 0 saturated heterocycles. The Labute approximate surface area is 187 Å². The Morgan fingerprint density at radius 3 is 2.80 bits per heavy atom. The van der Waals surface area contributed by atoms with Crippen molar-refractivity contribution in [3.05, 3.63) is 64.7 Å². The highest BCUT2D eigenvalue weighted by atomic mass is 35.5. The van der Waals surface area contributed by atoms with Gasteiger partial charge in [-0.2, -0.15) is 0 Å². The predicted octanol–water partition coefficient (Wildman–Crippen LogP) is 4.78. The Balaban J connectivity index is 1.52. The van der Waals surface area contributed by atoms with Gasteiger partial charge >= 0.3 is 0 Å². The van der Waals surface area contributed by atoms with Crippen LogP contribution in [0.1, 0.15) is 11.4 Å². The Hall–Kier alpha value is -2.23. The number of amides is 1. The third-order valence-corrected chi connectivity index (χ3v) is 6.37. The summed E-state index contributed by atoms with van der Waals surface area (Å²) in [7, 11) is 3.37. The van der Waals surface area contributed by atoms with Crippen molar-refractivity contribution in [2.45, 2.75) is 16.7 Å². The molecule has 0 atom stereocenters. The van der Waals surface area contributed by atoms with Crippen LogP contribution in [-0.4, -0.2) is 33.5 Å². The number of nitrogens with one attached hydrogen (secondary N) is 1. The van der Waals surface area contributed by atoms with E-state index in [0.29, 0.717) is 38.7 Å². The fraction of sp³-hybridized carbons (Fsp3) is 0.250. The molecule has 3 rings (SSSR count). The fourth-order valence-corrected chi connectivity index (χ4v) is 4.45. The van der Waals surface area contributed by atoms with Crippen molar-refractivity contribution >= 4 is 46.7 Å². The molecular weight excluding hydrogens is 447 g/mol. The monoisotopic (exact) mass is 466 g/mol. The van der Waals surface area contributed by atoms with Gasteiger partial charge in [-0.3, -0.25) is 4.79 Å². The molecule has 6 nitrogen and oxygen atoms in total. The third-order valence-electron chi connectivity index (χ3n) is 4.14. The molecule has 10 heteroatoms. The van der Waals surface area contributed by atoms with Gasteiger partial charge in [-0.1, -0.05) is 41.6 Å². The molecular formula is C20H20ClFN4O2S2. The average Bonchev–Trinajstić information content (AvgIpc) is 3.08. The number of thioether (sulfide) groups is 2. The van der Waals surface area contributed by atoms with Gasteiger partial charge in [0.2, 0.25) is 5.91 Å². The van der Waals surface area contributed by atoms with Crippen LogP contribution in [0.4, 0.5) is 10.1 Å². The molecule has 0 saturated carbocycles. The summed E-state index contributed by atoms with van der Waals surface area (Å²) < 4.78 is 20.8. The first-order valence-corrected chi connectivity index (χ1v) is 11.5. The largest absolute Gasteiger partial charge is 0.495 e. The molecule has 0 aliphatic carbocycles. The molecule has 0 fully saturated rings. The maximum absolute atomic E-state index is 13.7. The standard InChI is InChI=1S/C20H20ClFN4O2S2/c1-26-18(11-29-10-13-5-3-4-6-15(13)22)24-25-20(26)30-12-19(27)23-16-9-14(21)7-8-17(16)28-2/h3-9H,10-12H2,1-2H3,(H,23,27). The van der Waals surface area contributed by atoms with E-state index in [2.05, 4.69) is 15.5 Å². The Morgan fingerprint density at radius 1 is 1.23 bits per heavy atom. The van der Waals surface area contributed by atoms with Gasteiger partial charge in [0.15, 0.2) is 5.16 Å². The topological polar surface area (TPSA) is 69.0 Å². The molecule has 1 heterocycles. The van der Waals surface area contributed by atoms with E-state index in [1.54, 1.807) is 42.1 Å². The van der Waals surface area contributed by atoms with Gasteiger partial charge in [-0.05, 0) is 29.8 Å². The van der Waals surface area contributed by atoms with Crippen molar-refractivity contribution in [3.8, 4) is 5.75 Å². The molecule has 1 N–H and O–H groups in total. The lowest BCUT2D eigenvalue weighted by atomic mass is 10.2. The van der Waals surface area contributed by atoms with E-state index < -0.39 is 0 Å². The van der Waals surface area contributed by atoms with Gasteiger partial charge < -0.3 is 14.6 Å². The second-order valence-electron chi connectivity index (χ2n) is 6.22. The molecule has 2 aromatic carbocycles. The van der Waals surface area contributed by atoms with Gasteiger partial charge in [0.1, 0.15) is 17.4 Å². The summed E-state index contributed by atoms with van der Waals surface area (Å²) in [5.74, 6) is 2.17. The van der Waals surface area contributed by atoms with Crippen molar-refractivity contribution in [1.29, 1.82) is 0 Å². The summed E-state index contributed by atoms with van der Waals surface area (Å²) in [6.45, 7) is 0.